The van der Waals surface area contributed by atoms with Crippen LogP contribution in [0.1, 0.15) is 28.8 Å². The normalized spacial score (nSPS) is 18.1. The van der Waals surface area contributed by atoms with E-state index in [2.05, 4.69) is 11.0 Å². The van der Waals surface area contributed by atoms with E-state index in [4.69, 9.17) is 30.8 Å². The number of aromatic nitrogens is 1. The van der Waals surface area contributed by atoms with Gasteiger partial charge >= 0.3 is 0 Å². The van der Waals surface area contributed by atoms with Gasteiger partial charge in [-0.25, -0.2) is 4.98 Å². The fourth-order valence-corrected chi connectivity index (χ4v) is 4.93. The molecule has 0 aliphatic carbocycles. The Hall–Kier alpha value is -2.87. The Bertz CT molecular complexity index is 1190. The first-order chi connectivity index (χ1) is 17.1. The number of fused-ring (bicyclic) bond motifs is 1. The first-order valence-electron chi connectivity index (χ1n) is 12.1. The van der Waals surface area contributed by atoms with E-state index in [0.717, 1.165) is 60.6 Å². The lowest BCUT2D eigenvalue weighted by atomic mass is 10.1. The van der Waals surface area contributed by atoms with Crippen molar-refractivity contribution >= 4 is 34.2 Å². The molecule has 2 aliphatic heterocycles. The predicted molar refractivity (Wildman–Crippen MR) is 136 cm³/mol. The van der Waals surface area contributed by atoms with Gasteiger partial charge in [0.1, 0.15) is 11.6 Å². The molecule has 2 saturated heterocycles. The average molecular weight is 496 g/mol. The van der Waals surface area contributed by atoms with E-state index >= 15 is 0 Å². The average Bonchev–Trinajstić information content (AvgIpc) is 3.41. The molecule has 0 radical (unpaired) electrons. The number of anilines is 1. The van der Waals surface area contributed by atoms with Crippen molar-refractivity contribution < 1.29 is 19.0 Å². The first kappa shape index (κ1) is 23.9. The molecule has 1 aromatic heterocycles. The molecule has 184 valence electrons. The molecule has 7 nitrogen and oxygen atoms in total. The van der Waals surface area contributed by atoms with Gasteiger partial charge in [0.15, 0.2) is 0 Å². The minimum absolute atomic E-state index is 0.0302. The lowest BCUT2D eigenvalue weighted by Crippen LogP contribution is -2.40. The van der Waals surface area contributed by atoms with E-state index in [-0.39, 0.29) is 12.0 Å². The zero-order valence-corrected chi connectivity index (χ0v) is 20.7. The number of hydrogen-bond donors (Lipinski definition) is 0. The summed E-state index contributed by atoms with van der Waals surface area (Å²) in [5.74, 6) is 1.58. The summed E-state index contributed by atoms with van der Waals surface area (Å²) in [7, 11) is 1.66. The van der Waals surface area contributed by atoms with Crippen molar-refractivity contribution in [3.8, 4) is 5.75 Å². The zero-order chi connectivity index (χ0) is 24.2. The molecule has 0 N–H and O–H groups in total. The fourth-order valence-electron chi connectivity index (χ4n) is 4.74. The Morgan fingerprint density at radius 3 is 2.77 bits per heavy atom. The molecule has 35 heavy (non-hydrogen) atoms. The molecule has 5 rings (SSSR count). The monoisotopic (exact) mass is 495 g/mol. The van der Waals surface area contributed by atoms with Crippen LogP contribution in [0.25, 0.3) is 10.9 Å². The number of hydrogen-bond acceptors (Lipinski definition) is 6. The lowest BCUT2D eigenvalue weighted by Gasteiger charge is -2.32. The molecule has 0 spiro atoms. The molecule has 2 aromatic carbocycles. The minimum Gasteiger partial charge on any atom is -0.497 e. The molecule has 2 fully saturated rings. The maximum atomic E-state index is 13.7. The highest BCUT2D eigenvalue weighted by Crippen LogP contribution is 2.29. The van der Waals surface area contributed by atoms with E-state index in [1.165, 1.54) is 0 Å². The van der Waals surface area contributed by atoms with Crippen LogP contribution in [-0.2, 0) is 16.0 Å². The number of carbonyl (C=O) groups excluding carboxylic acids is 1. The minimum atomic E-state index is -0.0641. The molecule has 0 bridgehead atoms. The number of amides is 1. The number of methoxy groups -OCH3 is 1. The largest absolute Gasteiger partial charge is 0.497 e. The van der Waals surface area contributed by atoms with Crippen LogP contribution in [0.5, 0.6) is 5.75 Å². The number of morpholine rings is 1. The highest BCUT2D eigenvalue weighted by atomic mass is 35.5. The first-order valence-corrected chi connectivity index (χ1v) is 12.5. The van der Waals surface area contributed by atoms with Crippen LogP contribution >= 0.6 is 11.6 Å². The van der Waals surface area contributed by atoms with E-state index in [1.807, 2.05) is 35.2 Å². The van der Waals surface area contributed by atoms with E-state index < -0.39 is 0 Å². The number of ether oxygens (including phenoxy) is 3. The molecule has 1 atom stereocenters. The summed E-state index contributed by atoms with van der Waals surface area (Å²) in [4.78, 5) is 22.8. The summed E-state index contributed by atoms with van der Waals surface area (Å²) >= 11 is 6.21. The summed E-state index contributed by atoms with van der Waals surface area (Å²) in [5.41, 5.74) is 2.43. The van der Waals surface area contributed by atoms with Gasteiger partial charge in [-0.2, -0.15) is 0 Å². The van der Waals surface area contributed by atoms with Gasteiger partial charge in [0.25, 0.3) is 5.91 Å². The summed E-state index contributed by atoms with van der Waals surface area (Å²) in [5, 5.41) is 1.55. The van der Waals surface area contributed by atoms with Crippen LogP contribution in [-0.4, -0.2) is 68.5 Å². The van der Waals surface area contributed by atoms with Crippen molar-refractivity contribution in [1.29, 1.82) is 0 Å². The Kier molecular flexibility index (Phi) is 7.37. The van der Waals surface area contributed by atoms with Gasteiger partial charge in [-0.05, 0) is 49.2 Å². The number of nitrogens with zero attached hydrogens (tertiary/aromatic N) is 3. The predicted octanol–water partition coefficient (Wildman–Crippen LogP) is 4.55. The Morgan fingerprint density at radius 2 is 2.03 bits per heavy atom. The van der Waals surface area contributed by atoms with Gasteiger partial charge in [-0.15, -0.1) is 0 Å². The second kappa shape index (κ2) is 10.8. The number of rotatable bonds is 7. The fraction of sp³-hybridized carbons (Fsp3) is 0.407. The maximum Gasteiger partial charge on any atom is 0.254 e. The zero-order valence-electron chi connectivity index (χ0n) is 19.9. The van der Waals surface area contributed by atoms with Crippen molar-refractivity contribution in [2.24, 2.45) is 0 Å². The van der Waals surface area contributed by atoms with Crippen molar-refractivity contribution in [1.82, 2.24) is 9.88 Å². The van der Waals surface area contributed by atoms with Crippen molar-refractivity contribution in [2.75, 3.05) is 51.5 Å². The van der Waals surface area contributed by atoms with E-state index in [1.54, 1.807) is 19.2 Å². The molecule has 0 unspecified atom stereocenters. The SMILES string of the molecule is COc1ccc2cc(CN(C[C@H]3CCCO3)C(=O)c3cccc(Cl)c3)c(N3CCOCC3)nc2c1. The van der Waals surface area contributed by atoms with Crippen LogP contribution < -0.4 is 9.64 Å². The van der Waals surface area contributed by atoms with Gasteiger partial charge in [0, 0.05) is 60.4 Å². The summed E-state index contributed by atoms with van der Waals surface area (Å²) in [6.45, 7) is 4.49. The third kappa shape index (κ3) is 5.53. The lowest BCUT2D eigenvalue weighted by molar-refractivity contribution is 0.0507. The van der Waals surface area contributed by atoms with Gasteiger partial charge in [-0.1, -0.05) is 17.7 Å². The second-order valence-electron chi connectivity index (χ2n) is 8.96. The van der Waals surface area contributed by atoms with Crippen molar-refractivity contribution in [3.05, 3.63) is 64.7 Å². The van der Waals surface area contributed by atoms with Crippen molar-refractivity contribution in [2.45, 2.75) is 25.5 Å². The molecule has 3 aromatic rings. The second-order valence-corrected chi connectivity index (χ2v) is 9.40. The third-order valence-corrected chi connectivity index (χ3v) is 6.79. The molecule has 2 aliphatic rings. The van der Waals surface area contributed by atoms with Crippen LogP contribution in [0, 0.1) is 0 Å². The number of carbonyl (C=O) groups is 1. The Morgan fingerprint density at radius 1 is 1.17 bits per heavy atom. The van der Waals surface area contributed by atoms with Gasteiger partial charge in [0.2, 0.25) is 0 Å². The van der Waals surface area contributed by atoms with Gasteiger partial charge < -0.3 is 24.0 Å². The van der Waals surface area contributed by atoms with Gasteiger partial charge in [0.05, 0.1) is 31.9 Å². The van der Waals surface area contributed by atoms with Crippen LogP contribution in [0.3, 0.4) is 0 Å². The number of halogens is 1. The summed E-state index contributed by atoms with van der Waals surface area (Å²) < 4.78 is 16.9. The van der Waals surface area contributed by atoms with Crippen LogP contribution in [0.4, 0.5) is 5.82 Å². The van der Waals surface area contributed by atoms with Crippen LogP contribution in [0.15, 0.2) is 48.5 Å². The molecule has 1 amide bonds. The van der Waals surface area contributed by atoms with Crippen molar-refractivity contribution in [3.63, 3.8) is 0 Å². The quantitative estimate of drug-likeness (QED) is 0.479. The maximum absolute atomic E-state index is 13.7. The highest BCUT2D eigenvalue weighted by Gasteiger charge is 2.26. The summed E-state index contributed by atoms with van der Waals surface area (Å²) in [6.07, 6.45) is 2.00. The highest BCUT2D eigenvalue weighted by molar-refractivity contribution is 6.30. The van der Waals surface area contributed by atoms with Crippen LogP contribution in [0.2, 0.25) is 5.02 Å². The standard InChI is InChI=1S/C27H30ClN3O4/c1-33-23-8-7-19-14-21(26(29-25(19)16-23)30-9-12-34-13-10-30)17-31(18-24-6-3-11-35-24)27(32)20-4-2-5-22(28)15-20/h2,4-5,7-8,14-16,24H,3,6,9-13,17-18H2,1H3/t24-/m1/s1. The number of pyridine rings is 1. The molecular formula is C27H30ClN3O4. The molecule has 3 heterocycles. The third-order valence-electron chi connectivity index (χ3n) is 6.56. The summed E-state index contributed by atoms with van der Waals surface area (Å²) in [6, 6.07) is 15.2. The number of benzene rings is 2. The Balaban J connectivity index is 1.53. The molecule has 8 heteroatoms. The smallest absolute Gasteiger partial charge is 0.254 e. The van der Waals surface area contributed by atoms with Gasteiger partial charge in [-0.3, -0.25) is 4.79 Å². The van der Waals surface area contributed by atoms with E-state index in [0.29, 0.717) is 36.9 Å². The van der Waals surface area contributed by atoms with E-state index in [9.17, 15) is 4.79 Å². The molecule has 0 saturated carbocycles. The Labute approximate surface area is 210 Å². The topological polar surface area (TPSA) is 64.1 Å². The molecular weight excluding hydrogens is 466 g/mol.